The monoisotopic (exact) mass is 240 g/mol. The van der Waals surface area contributed by atoms with Crippen molar-refractivity contribution in [2.24, 2.45) is 0 Å². The van der Waals surface area contributed by atoms with Crippen LogP contribution in [0.4, 0.5) is 5.69 Å². The Hall–Kier alpha value is -1.56. The second-order valence-electron chi connectivity index (χ2n) is 3.78. The van der Waals surface area contributed by atoms with E-state index in [-0.39, 0.29) is 5.91 Å². The maximum Gasteiger partial charge on any atom is 0.271 e. The summed E-state index contributed by atoms with van der Waals surface area (Å²) in [6, 6.07) is 0. The molecule has 6 heteroatoms. The molecule has 0 radical (unpaired) electrons. The van der Waals surface area contributed by atoms with Gasteiger partial charge in [-0.3, -0.25) is 9.89 Å². The average molecular weight is 240 g/mol. The largest absolute Gasteiger partial charge is 0.396 e. The number of nitrogens with one attached hydrogen (secondary N) is 2. The second-order valence-corrected chi connectivity index (χ2v) is 3.78. The number of hydrogen-bond acceptors (Lipinski definition) is 4. The Bertz CT molecular complexity index is 338. The first-order valence-electron chi connectivity index (χ1n) is 5.90. The van der Waals surface area contributed by atoms with Gasteiger partial charge in [0.2, 0.25) is 0 Å². The molecule has 1 aromatic rings. The Morgan fingerprint density at radius 2 is 2.29 bits per heavy atom. The third-order valence-corrected chi connectivity index (χ3v) is 2.29. The molecule has 0 atom stereocenters. The molecule has 96 valence electrons. The van der Waals surface area contributed by atoms with E-state index in [4.69, 9.17) is 10.5 Å². The van der Waals surface area contributed by atoms with E-state index in [2.05, 4.69) is 22.4 Å². The van der Waals surface area contributed by atoms with E-state index in [1.54, 1.807) is 0 Å². The average Bonchev–Trinajstić information content (AvgIpc) is 2.74. The summed E-state index contributed by atoms with van der Waals surface area (Å²) in [6.45, 7) is 4.15. The van der Waals surface area contributed by atoms with Crippen molar-refractivity contribution in [3.8, 4) is 0 Å². The summed E-state index contributed by atoms with van der Waals surface area (Å²) in [4.78, 5) is 11.6. The SMILES string of the molecule is CCCCOCCCNC(=O)c1[nH]ncc1N. The smallest absolute Gasteiger partial charge is 0.271 e. The standard InChI is InChI=1S/C11H20N4O2/c1-2-3-6-17-7-4-5-13-11(16)10-9(12)8-14-15-10/h8H,2-7,12H2,1H3,(H,13,16)(H,14,15). The van der Waals surface area contributed by atoms with Crippen molar-refractivity contribution < 1.29 is 9.53 Å². The zero-order chi connectivity index (χ0) is 12.5. The maximum absolute atomic E-state index is 11.6. The number of unbranched alkanes of at least 4 members (excludes halogenated alkanes) is 1. The van der Waals surface area contributed by atoms with Crippen molar-refractivity contribution in [2.75, 3.05) is 25.5 Å². The van der Waals surface area contributed by atoms with Crippen LogP contribution in [-0.4, -0.2) is 35.9 Å². The molecule has 1 amide bonds. The molecule has 1 rings (SSSR count). The van der Waals surface area contributed by atoms with Gasteiger partial charge in [-0.15, -0.1) is 0 Å². The molecule has 0 bridgehead atoms. The van der Waals surface area contributed by atoms with Gasteiger partial charge in [0.25, 0.3) is 5.91 Å². The first kappa shape index (κ1) is 13.5. The van der Waals surface area contributed by atoms with Crippen LogP contribution >= 0.6 is 0 Å². The first-order chi connectivity index (χ1) is 8.25. The third kappa shape index (κ3) is 4.86. The lowest BCUT2D eigenvalue weighted by molar-refractivity contribution is 0.0936. The quantitative estimate of drug-likeness (QED) is 0.589. The highest BCUT2D eigenvalue weighted by Gasteiger charge is 2.10. The number of aromatic amines is 1. The molecular weight excluding hydrogens is 220 g/mol. The number of nitrogens with two attached hydrogens (primary N) is 1. The Morgan fingerprint density at radius 3 is 2.94 bits per heavy atom. The molecule has 17 heavy (non-hydrogen) atoms. The molecule has 0 aliphatic carbocycles. The van der Waals surface area contributed by atoms with Gasteiger partial charge in [0, 0.05) is 19.8 Å². The van der Waals surface area contributed by atoms with E-state index >= 15 is 0 Å². The maximum atomic E-state index is 11.6. The van der Waals surface area contributed by atoms with Crippen molar-refractivity contribution >= 4 is 11.6 Å². The highest BCUT2D eigenvalue weighted by Crippen LogP contribution is 2.04. The molecule has 0 saturated carbocycles. The summed E-state index contributed by atoms with van der Waals surface area (Å²) in [5.74, 6) is -0.228. The van der Waals surface area contributed by atoms with Crippen LogP contribution in [0.15, 0.2) is 6.20 Å². The van der Waals surface area contributed by atoms with Gasteiger partial charge in [0.1, 0.15) is 5.69 Å². The lowest BCUT2D eigenvalue weighted by Crippen LogP contribution is -2.26. The molecule has 0 spiro atoms. The fourth-order valence-electron chi connectivity index (χ4n) is 1.29. The van der Waals surface area contributed by atoms with Gasteiger partial charge in [0.05, 0.1) is 11.9 Å². The van der Waals surface area contributed by atoms with Crippen LogP contribution < -0.4 is 11.1 Å². The van der Waals surface area contributed by atoms with Gasteiger partial charge in [-0.05, 0) is 12.8 Å². The number of hydrogen-bond donors (Lipinski definition) is 3. The van der Waals surface area contributed by atoms with Crippen LogP contribution in [0.3, 0.4) is 0 Å². The molecule has 4 N–H and O–H groups in total. The topological polar surface area (TPSA) is 93.0 Å². The minimum atomic E-state index is -0.228. The molecule has 0 aliphatic heterocycles. The number of carbonyl (C=O) groups is 1. The van der Waals surface area contributed by atoms with Crippen molar-refractivity contribution in [1.29, 1.82) is 0 Å². The summed E-state index contributed by atoms with van der Waals surface area (Å²) >= 11 is 0. The Kier molecular flexibility index (Phi) is 6.09. The van der Waals surface area contributed by atoms with Crippen LogP contribution in [0.1, 0.15) is 36.7 Å². The molecule has 6 nitrogen and oxygen atoms in total. The number of amides is 1. The van der Waals surface area contributed by atoms with E-state index in [1.165, 1.54) is 6.20 Å². The predicted octanol–water partition coefficient (Wildman–Crippen LogP) is 0.929. The highest BCUT2D eigenvalue weighted by molar-refractivity contribution is 5.96. The second kappa shape index (κ2) is 7.67. The number of nitrogens with zero attached hydrogens (tertiary/aromatic N) is 1. The third-order valence-electron chi connectivity index (χ3n) is 2.29. The van der Waals surface area contributed by atoms with Gasteiger partial charge < -0.3 is 15.8 Å². The molecule has 1 heterocycles. The number of aromatic nitrogens is 2. The number of anilines is 1. The normalized spacial score (nSPS) is 10.4. The fourth-order valence-corrected chi connectivity index (χ4v) is 1.29. The number of H-pyrrole nitrogens is 1. The van der Waals surface area contributed by atoms with Gasteiger partial charge in [-0.1, -0.05) is 13.3 Å². The predicted molar refractivity (Wildman–Crippen MR) is 65.7 cm³/mol. The Balaban J connectivity index is 2.07. The molecule has 0 aliphatic rings. The zero-order valence-corrected chi connectivity index (χ0v) is 10.2. The van der Waals surface area contributed by atoms with Crippen LogP contribution in [-0.2, 0) is 4.74 Å². The zero-order valence-electron chi connectivity index (χ0n) is 10.2. The van der Waals surface area contributed by atoms with Crippen molar-refractivity contribution in [2.45, 2.75) is 26.2 Å². The van der Waals surface area contributed by atoms with E-state index in [0.29, 0.717) is 24.5 Å². The van der Waals surface area contributed by atoms with Gasteiger partial charge in [0.15, 0.2) is 0 Å². The molecule has 1 aromatic heterocycles. The molecule has 0 saturated heterocycles. The molecule has 0 unspecified atom stereocenters. The minimum absolute atomic E-state index is 0.228. The van der Waals surface area contributed by atoms with Crippen LogP contribution in [0.25, 0.3) is 0 Å². The minimum Gasteiger partial charge on any atom is -0.396 e. The number of nitrogen functional groups attached to an aromatic ring is 1. The summed E-state index contributed by atoms with van der Waals surface area (Å²) in [5, 5.41) is 8.99. The summed E-state index contributed by atoms with van der Waals surface area (Å²) in [7, 11) is 0. The fraction of sp³-hybridized carbons (Fsp3) is 0.636. The summed E-state index contributed by atoms with van der Waals surface area (Å²) < 4.78 is 5.37. The van der Waals surface area contributed by atoms with Crippen LogP contribution in [0, 0.1) is 0 Å². The van der Waals surface area contributed by atoms with Gasteiger partial charge >= 0.3 is 0 Å². The summed E-state index contributed by atoms with van der Waals surface area (Å²) in [5.41, 5.74) is 6.23. The van der Waals surface area contributed by atoms with E-state index in [0.717, 1.165) is 25.9 Å². The van der Waals surface area contributed by atoms with Gasteiger partial charge in [-0.2, -0.15) is 5.10 Å². The number of ether oxygens (including phenoxy) is 1. The Morgan fingerprint density at radius 1 is 1.53 bits per heavy atom. The molecular formula is C11H20N4O2. The lowest BCUT2D eigenvalue weighted by Gasteiger charge is -2.05. The lowest BCUT2D eigenvalue weighted by atomic mass is 10.3. The van der Waals surface area contributed by atoms with E-state index in [1.807, 2.05) is 0 Å². The Labute approximate surface area is 101 Å². The van der Waals surface area contributed by atoms with Crippen molar-refractivity contribution in [1.82, 2.24) is 15.5 Å². The summed E-state index contributed by atoms with van der Waals surface area (Å²) in [6.07, 6.45) is 4.43. The van der Waals surface area contributed by atoms with Gasteiger partial charge in [-0.25, -0.2) is 0 Å². The highest BCUT2D eigenvalue weighted by atomic mass is 16.5. The number of rotatable bonds is 8. The molecule has 0 aromatic carbocycles. The van der Waals surface area contributed by atoms with Crippen molar-refractivity contribution in [3.05, 3.63) is 11.9 Å². The van der Waals surface area contributed by atoms with E-state index < -0.39 is 0 Å². The van der Waals surface area contributed by atoms with Crippen LogP contribution in [0.5, 0.6) is 0 Å². The first-order valence-corrected chi connectivity index (χ1v) is 5.90. The van der Waals surface area contributed by atoms with E-state index in [9.17, 15) is 4.79 Å². The number of carbonyl (C=O) groups excluding carboxylic acids is 1. The molecule has 0 fully saturated rings. The van der Waals surface area contributed by atoms with Crippen molar-refractivity contribution in [3.63, 3.8) is 0 Å². The van der Waals surface area contributed by atoms with Crippen LogP contribution in [0.2, 0.25) is 0 Å².